The van der Waals surface area contributed by atoms with E-state index in [4.69, 9.17) is 4.74 Å². The fourth-order valence-electron chi connectivity index (χ4n) is 1.53. The van der Waals surface area contributed by atoms with Crippen molar-refractivity contribution in [2.45, 2.75) is 23.8 Å². The molecule has 0 heterocycles. The number of benzene rings is 1. The number of ether oxygens (including phenoxy) is 1. The molecule has 1 aromatic carbocycles. The summed E-state index contributed by atoms with van der Waals surface area (Å²) in [7, 11) is 1.52. The van der Waals surface area contributed by atoms with Gasteiger partial charge < -0.3 is 15.2 Å². The minimum absolute atomic E-state index is 0.0516. The van der Waals surface area contributed by atoms with Gasteiger partial charge in [0.05, 0.1) is 12.7 Å². The number of halogens is 1. The second-order valence-corrected chi connectivity index (χ2v) is 5.47. The monoisotopic (exact) mass is 301 g/mol. The summed E-state index contributed by atoms with van der Waals surface area (Å²) < 4.78 is 17.5. The number of amides is 1. The SMILES string of the molecule is COCC(O)CCNC(=O)CCSc1ccc(F)cc1. The van der Waals surface area contributed by atoms with E-state index in [2.05, 4.69) is 5.32 Å². The first-order chi connectivity index (χ1) is 9.61. The van der Waals surface area contributed by atoms with Gasteiger partial charge in [0.1, 0.15) is 5.82 Å². The molecular formula is C14H20FNO3S. The summed E-state index contributed by atoms with van der Waals surface area (Å²) in [5.41, 5.74) is 0. The molecule has 1 amide bonds. The van der Waals surface area contributed by atoms with Crippen LogP contribution in [0.25, 0.3) is 0 Å². The second kappa shape index (κ2) is 9.74. The number of hydrogen-bond acceptors (Lipinski definition) is 4. The van der Waals surface area contributed by atoms with Crippen molar-refractivity contribution in [2.24, 2.45) is 0 Å². The number of methoxy groups -OCH3 is 1. The van der Waals surface area contributed by atoms with Crippen LogP contribution in [0.4, 0.5) is 4.39 Å². The molecule has 0 saturated heterocycles. The van der Waals surface area contributed by atoms with E-state index >= 15 is 0 Å². The second-order valence-electron chi connectivity index (χ2n) is 4.30. The van der Waals surface area contributed by atoms with Gasteiger partial charge in [0, 0.05) is 30.7 Å². The molecule has 1 unspecified atom stereocenters. The van der Waals surface area contributed by atoms with Crippen LogP contribution in [-0.4, -0.2) is 43.1 Å². The van der Waals surface area contributed by atoms with E-state index in [1.807, 2.05) is 0 Å². The Balaban J connectivity index is 2.09. The Hall–Kier alpha value is -1.11. The third-order valence-corrected chi connectivity index (χ3v) is 3.58. The molecule has 0 aliphatic heterocycles. The van der Waals surface area contributed by atoms with Crippen molar-refractivity contribution in [3.05, 3.63) is 30.1 Å². The minimum Gasteiger partial charge on any atom is -0.391 e. The van der Waals surface area contributed by atoms with Gasteiger partial charge in [0.2, 0.25) is 5.91 Å². The fourth-order valence-corrected chi connectivity index (χ4v) is 2.39. The molecule has 0 saturated carbocycles. The molecule has 2 N–H and O–H groups in total. The number of nitrogens with one attached hydrogen (secondary N) is 1. The van der Waals surface area contributed by atoms with E-state index in [1.54, 1.807) is 12.1 Å². The van der Waals surface area contributed by atoms with Gasteiger partial charge in [-0.15, -0.1) is 11.8 Å². The smallest absolute Gasteiger partial charge is 0.220 e. The average molecular weight is 301 g/mol. The van der Waals surface area contributed by atoms with Gasteiger partial charge in [-0.05, 0) is 30.7 Å². The molecule has 4 nitrogen and oxygen atoms in total. The molecule has 0 aromatic heterocycles. The van der Waals surface area contributed by atoms with Gasteiger partial charge in [-0.2, -0.15) is 0 Å². The predicted octanol–water partition coefficient (Wildman–Crippen LogP) is 1.82. The van der Waals surface area contributed by atoms with Crippen LogP contribution >= 0.6 is 11.8 Å². The lowest BCUT2D eigenvalue weighted by atomic mass is 10.2. The Morgan fingerprint density at radius 1 is 1.45 bits per heavy atom. The van der Waals surface area contributed by atoms with E-state index in [0.717, 1.165) is 4.90 Å². The standard InChI is InChI=1S/C14H20FNO3S/c1-19-10-12(17)6-8-16-14(18)7-9-20-13-4-2-11(15)3-5-13/h2-5,12,17H,6-10H2,1H3,(H,16,18). The lowest BCUT2D eigenvalue weighted by molar-refractivity contribution is -0.120. The highest BCUT2D eigenvalue weighted by atomic mass is 32.2. The summed E-state index contributed by atoms with van der Waals surface area (Å²) in [6.45, 7) is 0.709. The highest BCUT2D eigenvalue weighted by molar-refractivity contribution is 7.99. The van der Waals surface area contributed by atoms with Crippen molar-refractivity contribution in [3.63, 3.8) is 0 Å². The van der Waals surface area contributed by atoms with Gasteiger partial charge in [-0.1, -0.05) is 0 Å². The summed E-state index contributed by atoms with van der Waals surface area (Å²) in [4.78, 5) is 12.5. The number of aliphatic hydroxyl groups is 1. The number of hydrogen-bond donors (Lipinski definition) is 2. The maximum absolute atomic E-state index is 12.7. The molecule has 112 valence electrons. The first-order valence-corrected chi connectivity index (χ1v) is 7.42. The zero-order chi connectivity index (χ0) is 14.8. The van der Waals surface area contributed by atoms with Crippen molar-refractivity contribution < 1.29 is 19.0 Å². The van der Waals surface area contributed by atoms with Crippen molar-refractivity contribution >= 4 is 17.7 Å². The van der Waals surface area contributed by atoms with Crippen LogP contribution in [0, 0.1) is 5.82 Å². The van der Waals surface area contributed by atoms with Gasteiger partial charge in [0.25, 0.3) is 0 Å². The van der Waals surface area contributed by atoms with E-state index in [0.29, 0.717) is 25.1 Å². The molecule has 1 rings (SSSR count). The van der Waals surface area contributed by atoms with Gasteiger partial charge in [-0.25, -0.2) is 4.39 Å². The van der Waals surface area contributed by atoms with Gasteiger partial charge in [-0.3, -0.25) is 4.79 Å². The highest BCUT2D eigenvalue weighted by Gasteiger charge is 2.05. The molecule has 0 bridgehead atoms. The summed E-state index contributed by atoms with van der Waals surface area (Å²) in [6.07, 6.45) is 0.321. The van der Waals surface area contributed by atoms with Crippen molar-refractivity contribution in [3.8, 4) is 0 Å². The molecule has 0 spiro atoms. The lowest BCUT2D eigenvalue weighted by Gasteiger charge is -2.10. The van der Waals surface area contributed by atoms with Crippen LogP contribution in [0.15, 0.2) is 29.2 Å². The Kier molecular flexibility index (Phi) is 8.25. The normalized spacial score (nSPS) is 12.2. The summed E-state index contributed by atoms with van der Waals surface area (Å²) in [6, 6.07) is 6.19. The number of carbonyl (C=O) groups is 1. The molecule has 6 heteroatoms. The highest BCUT2D eigenvalue weighted by Crippen LogP contribution is 2.18. The third-order valence-electron chi connectivity index (χ3n) is 2.57. The zero-order valence-electron chi connectivity index (χ0n) is 11.5. The molecule has 0 fully saturated rings. The zero-order valence-corrected chi connectivity index (χ0v) is 12.3. The molecule has 0 aliphatic carbocycles. The quantitative estimate of drug-likeness (QED) is 0.683. The van der Waals surface area contributed by atoms with Crippen LogP contribution < -0.4 is 5.32 Å². The molecular weight excluding hydrogens is 281 g/mol. The van der Waals surface area contributed by atoms with E-state index in [9.17, 15) is 14.3 Å². The largest absolute Gasteiger partial charge is 0.391 e. The molecule has 1 atom stereocenters. The van der Waals surface area contributed by atoms with Crippen LogP contribution in [0.2, 0.25) is 0 Å². The first kappa shape index (κ1) is 16.9. The van der Waals surface area contributed by atoms with E-state index in [1.165, 1.54) is 31.0 Å². The fraction of sp³-hybridized carbons (Fsp3) is 0.500. The Labute approximate surface area is 122 Å². The topological polar surface area (TPSA) is 58.6 Å². The van der Waals surface area contributed by atoms with Crippen LogP contribution in [0.3, 0.4) is 0 Å². The Morgan fingerprint density at radius 3 is 2.80 bits per heavy atom. The van der Waals surface area contributed by atoms with Gasteiger partial charge >= 0.3 is 0 Å². The predicted molar refractivity (Wildman–Crippen MR) is 77.3 cm³/mol. The van der Waals surface area contributed by atoms with Crippen molar-refractivity contribution in [1.82, 2.24) is 5.32 Å². The first-order valence-electron chi connectivity index (χ1n) is 6.44. The maximum Gasteiger partial charge on any atom is 0.220 e. The van der Waals surface area contributed by atoms with Crippen molar-refractivity contribution in [1.29, 1.82) is 0 Å². The maximum atomic E-state index is 12.7. The summed E-state index contributed by atoms with van der Waals surface area (Å²) >= 11 is 1.51. The number of rotatable bonds is 9. The van der Waals surface area contributed by atoms with Crippen LogP contribution in [0.1, 0.15) is 12.8 Å². The number of carbonyl (C=O) groups excluding carboxylic acids is 1. The summed E-state index contributed by atoms with van der Waals surface area (Å²) in [5, 5.41) is 12.1. The third kappa shape index (κ3) is 7.47. The molecule has 0 aliphatic rings. The van der Waals surface area contributed by atoms with E-state index in [-0.39, 0.29) is 18.3 Å². The van der Waals surface area contributed by atoms with Crippen LogP contribution in [0.5, 0.6) is 0 Å². The van der Waals surface area contributed by atoms with Crippen molar-refractivity contribution in [2.75, 3.05) is 26.0 Å². The lowest BCUT2D eigenvalue weighted by Crippen LogP contribution is -2.28. The molecule has 1 aromatic rings. The van der Waals surface area contributed by atoms with E-state index < -0.39 is 6.10 Å². The Bertz CT molecular complexity index is 400. The Morgan fingerprint density at radius 2 is 2.15 bits per heavy atom. The molecule has 20 heavy (non-hydrogen) atoms. The van der Waals surface area contributed by atoms with Gasteiger partial charge in [0.15, 0.2) is 0 Å². The average Bonchev–Trinajstić information content (AvgIpc) is 2.41. The summed E-state index contributed by atoms with van der Waals surface area (Å²) in [5.74, 6) is 0.323. The number of aliphatic hydroxyl groups excluding tert-OH is 1. The molecule has 0 radical (unpaired) electrons. The minimum atomic E-state index is -0.547. The van der Waals surface area contributed by atoms with Crippen LogP contribution in [-0.2, 0) is 9.53 Å². The number of thioether (sulfide) groups is 1.